The van der Waals surface area contributed by atoms with Crippen LogP contribution in [0.15, 0.2) is 18.2 Å². The number of nitrogens with one attached hydrogen (secondary N) is 2. The van der Waals surface area contributed by atoms with Crippen LogP contribution in [-0.4, -0.2) is 18.4 Å². The fourth-order valence-electron chi connectivity index (χ4n) is 1.82. The van der Waals surface area contributed by atoms with Gasteiger partial charge in [0.05, 0.1) is 0 Å². The van der Waals surface area contributed by atoms with Crippen molar-refractivity contribution in [3.05, 3.63) is 23.8 Å². The van der Waals surface area contributed by atoms with Crippen molar-refractivity contribution in [1.82, 2.24) is 0 Å². The summed E-state index contributed by atoms with van der Waals surface area (Å²) in [7, 11) is 0. The Hall–Kier alpha value is -1.59. The maximum absolute atomic E-state index is 11.7. The largest absolute Gasteiger partial charge is 0.330 e. The van der Waals surface area contributed by atoms with Crippen LogP contribution < -0.4 is 16.4 Å². The normalized spacial score (nSPS) is 14.7. The van der Waals surface area contributed by atoms with Crippen molar-refractivity contribution in [3.8, 4) is 0 Å². The van der Waals surface area contributed by atoms with Crippen molar-refractivity contribution in [2.75, 3.05) is 17.2 Å². The van der Waals surface area contributed by atoms with Crippen molar-refractivity contribution in [2.24, 2.45) is 11.7 Å². The number of hydrogen-bond donors (Lipinski definition) is 3. The molecule has 104 valence electrons. The van der Waals surface area contributed by atoms with Gasteiger partial charge in [0.15, 0.2) is 0 Å². The molecule has 1 aromatic carbocycles. The van der Waals surface area contributed by atoms with Gasteiger partial charge in [-0.3, -0.25) is 9.59 Å². The van der Waals surface area contributed by atoms with Crippen LogP contribution >= 0.6 is 12.4 Å². The highest BCUT2D eigenvalue weighted by Gasteiger charge is 2.16. The van der Waals surface area contributed by atoms with Gasteiger partial charge in [0.25, 0.3) is 0 Å². The quantitative estimate of drug-likeness (QED) is 0.786. The molecule has 1 aliphatic heterocycles. The molecule has 0 radical (unpaired) electrons. The zero-order chi connectivity index (χ0) is 13.1. The van der Waals surface area contributed by atoms with E-state index in [1.165, 1.54) is 0 Å². The zero-order valence-electron chi connectivity index (χ0n) is 10.7. The Balaban J connectivity index is 0.00000180. The smallest absolute Gasteiger partial charge is 0.228 e. The number of benzene rings is 1. The number of fused-ring (bicyclic) bond motifs is 1. The molecule has 0 aromatic heterocycles. The molecule has 19 heavy (non-hydrogen) atoms. The number of nitrogens with two attached hydrogens (primary N) is 1. The molecular formula is C13H18ClN3O2. The highest BCUT2D eigenvalue weighted by molar-refractivity contribution is 5.97. The van der Waals surface area contributed by atoms with Gasteiger partial charge in [0.1, 0.15) is 0 Å². The van der Waals surface area contributed by atoms with E-state index < -0.39 is 0 Å². The van der Waals surface area contributed by atoms with Crippen LogP contribution in [0.4, 0.5) is 11.4 Å². The lowest BCUT2D eigenvalue weighted by Crippen LogP contribution is -2.27. The highest BCUT2D eigenvalue weighted by Crippen LogP contribution is 2.26. The molecule has 5 nitrogen and oxygen atoms in total. The molecule has 4 N–H and O–H groups in total. The first-order chi connectivity index (χ1) is 8.60. The van der Waals surface area contributed by atoms with E-state index in [-0.39, 0.29) is 30.1 Å². The van der Waals surface area contributed by atoms with Crippen molar-refractivity contribution in [2.45, 2.75) is 19.8 Å². The van der Waals surface area contributed by atoms with Gasteiger partial charge in [-0.25, -0.2) is 0 Å². The molecule has 0 fully saturated rings. The van der Waals surface area contributed by atoms with Gasteiger partial charge >= 0.3 is 0 Å². The molecule has 1 aliphatic rings. The number of halogens is 1. The van der Waals surface area contributed by atoms with Crippen molar-refractivity contribution < 1.29 is 9.59 Å². The van der Waals surface area contributed by atoms with Crippen LogP contribution in [-0.2, 0) is 16.0 Å². The van der Waals surface area contributed by atoms with E-state index in [1.807, 2.05) is 12.1 Å². The third-order valence-electron chi connectivity index (χ3n) is 3.07. The second kappa shape index (κ2) is 6.54. The Labute approximate surface area is 118 Å². The molecular weight excluding hydrogens is 266 g/mol. The van der Waals surface area contributed by atoms with Crippen LogP contribution in [0.5, 0.6) is 0 Å². The van der Waals surface area contributed by atoms with Gasteiger partial charge in [-0.15, -0.1) is 12.4 Å². The van der Waals surface area contributed by atoms with Gasteiger partial charge in [0.2, 0.25) is 11.8 Å². The van der Waals surface area contributed by atoms with E-state index in [0.29, 0.717) is 18.7 Å². The van der Waals surface area contributed by atoms with Gasteiger partial charge < -0.3 is 16.4 Å². The number of carbonyl (C=O) groups is 2. The lowest BCUT2D eigenvalue weighted by Gasteiger charge is -2.18. The minimum Gasteiger partial charge on any atom is -0.330 e. The fraction of sp³-hybridized carbons (Fsp3) is 0.385. The fourth-order valence-corrected chi connectivity index (χ4v) is 1.82. The first-order valence-corrected chi connectivity index (χ1v) is 6.04. The molecule has 1 heterocycles. The topological polar surface area (TPSA) is 84.2 Å². The average molecular weight is 284 g/mol. The number of hydrogen-bond acceptors (Lipinski definition) is 3. The van der Waals surface area contributed by atoms with E-state index in [2.05, 4.69) is 10.6 Å². The first kappa shape index (κ1) is 15.5. The number of rotatable bonds is 3. The molecule has 0 saturated heterocycles. The predicted octanol–water partition coefficient (Wildman–Crippen LogP) is 1.53. The van der Waals surface area contributed by atoms with E-state index in [9.17, 15) is 9.59 Å². The summed E-state index contributed by atoms with van der Waals surface area (Å²) in [6.07, 6.45) is 1.26. The Kier molecular flexibility index (Phi) is 5.32. The third kappa shape index (κ3) is 3.68. The summed E-state index contributed by atoms with van der Waals surface area (Å²) in [5.41, 5.74) is 8.00. The zero-order valence-corrected chi connectivity index (χ0v) is 11.5. The SMILES string of the molecule is CC(CN)C(=O)Nc1ccc2c(c1)NC(=O)CC2.Cl. The highest BCUT2D eigenvalue weighted by atomic mass is 35.5. The molecule has 0 bridgehead atoms. The molecule has 0 saturated carbocycles. The van der Waals surface area contributed by atoms with Gasteiger partial charge in [0, 0.05) is 30.3 Å². The molecule has 2 rings (SSSR count). The maximum atomic E-state index is 11.7. The van der Waals surface area contributed by atoms with Crippen LogP contribution in [0.25, 0.3) is 0 Å². The predicted molar refractivity (Wildman–Crippen MR) is 77.5 cm³/mol. The van der Waals surface area contributed by atoms with Crippen LogP contribution in [0.3, 0.4) is 0 Å². The second-order valence-corrected chi connectivity index (χ2v) is 4.55. The Bertz CT molecular complexity index is 491. The number of anilines is 2. The van der Waals surface area contributed by atoms with Crippen LogP contribution in [0.1, 0.15) is 18.9 Å². The molecule has 6 heteroatoms. The van der Waals surface area contributed by atoms with E-state index >= 15 is 0 Å². The third-order valence-corrected chi connectivity index (χ3v) is 3.07. The number of aryl methyl sites for hydroxylation is 1. The molecule has 1 atom stereocenters. The summed E-state index contributed by atoms with van der Waals surface area (Å²) >= 11 is 0. The molecule has 1 aromatic rings. The molecule has 0 spiro atoms. The Morgan fingerprint density at radius 1 is 1.47 bits per heavy atom. The Morgan fingerprint density at radius 3 is 2.89 bits per heavy atom. The number of amides is 2. The average Bonchev–Trinajstić information content (AvgIpc) is 2.37. The van der Waals surface area contributed by atoms with E-state index in [1.54, 1.807) is 13.0 Å². The minimum absolute atomic E-state index is 0. The minimum atomic E-state index is -0.226. The molecule has 2 amide bonds. The number of carbonyl (C=O) groups excluding carboxylic acids is 2. The van der Waals surface area contributed by atoms with Gasteiger partial charge in [-0.05, 0) is 24.1 Å². The second-order valence-electron chi connectivity index (χ2n) is 4.55. The lowest BCUT2D eigenvalue weighted by molar-refractivity contribution is -0.119. The first-order valence-electron chi connectivity index (χ1n) is 6.04. The lowest BCUT2D eigenvalue weighted by atomic mass is 10.0. The maximum Gasteiger partial charge on any atom is 0.228 e. The Morgan fingerprint density at radius 2 is 2.21 bits per heavy atom. The van der Waals surface area contributed by atoms with E-state index in [4.69, 9.17) is 5.73 Å². The summed E-state index contributed by atoms with van der Waals surface area (Å²) in [4.78, 5) is 23.0. The molecule has 1 unspecified atom stereocenters. The summed E-state index contributed by atoms with van der Waals surface area (Å²) < 4.78 is 0. The molecule has 0 aliphatic carbocycles. The van der Waals surface area contributed by atoms with E-state index in [0.717, 1.165) is 17.7 Å². The summed E-state index contributed by atoms with van der Waals surface area (Å²) in [6, 6.07) is 5.56. The standard InChI is InChI=1S/C13H17N3O2.ClH/c1-8(7-14)13(18)15-10-4-2-9-3-5-12(17)16-11(9)6-10;/h2,4,6,8H,3,5,7,14H2,1H3,(H,15,18)(H,16,17);1H. The summed E-state index contributed by atoms with van der Waals surface area (Å²) in [6.45, 7) is 2.09. The van der Waals surface area contributed by atoms with Crippen molar-refractivity contribution in [1.29, 1.82) is 0 Å². The summed E-state index contributed by atoms with van der Waals surface area (Å²) in [5, 5.41) is 5.59. The van der Waals surface area contributed by atoms with Crippen molar-refractivity contribution >= 4 is 35.6 Å². The van der Waals surface area contributed by atoms with Crippen LogP contribution in [0.2, 0.25) is 0 Å². The summed E-state index contributed by atoms with van der Waals surface area (Å²) in [5.74, 6) is -0.323. The van der Waals surface area contributed by atoms with Gasteiger partial charge in [-0.2, -0.15) is 0 Å². The van der Waals surface area contributed by atoms with Gasteiger partial charge in [-0.1, -0.05) is 13.0 Å². The monoisotopic (exact) mass is 283 g/mol. The van der Waals surface area contributed by atoms with Crippen LogP contribution in [0, 0.1) is 5.92 Å². The van der Waals surface area contributed by atoms with Crippen molar-refractivity contribution in [3.63, 3.8) is 0 Å².